The number of aliphatic hydroxyl groups is 1. The molecule has 4 rings (SSSR count). The van der Waals surface area contributed by atoms with Crippen LogP contribution in [-0.2, 0) is 31.3 Å². The number of hydrogen-bond acceptors (Lipinski definition) is 6. The molecule has 0 atom stereocenters. The molecule has 1 aliphatic rings. The number of carbonyl (C=O) groups excluding carboxylic acids is 1. The van der Waals surface area contributed by atoms with Crippen molar-refractivity contribution >= 4 is 46.3 Å². The molecule has 13 heteroatoms. The SMILES string of the molecule is CC(=O)NC1(c2ccc(F)cc2)CCN(Cc2[nH]c3ccccc3c2Cl)CC1.O=C(O)CC(O)(CC(=O)O)C(=O)O. The minimum atomic E-state index is -2.74. The Morgan fingerprint density at radius 2 is 1.56 bits per heavy atom. The van der Waals surface area contributed by atoms with Gasteiger partial charge in [-0.3, -0.25) is 19.3 Å². The maximum absolute atomic E-state index is 13.4. The summed E-state index contributed by atoms with van der Waals surface area (Å²) in [5, 5.41) is 38.7. The second-order valence-corrected chi connectivity index (χ2v) is 10.4. The van der Waals surface area contributed by atoms with Gasteiger partial charge in [0, 0.05) is 43.2 Å². The van der Waals surface area contributed by atoms with E-state index < -0.39 is 41.9 Å². The van der Waals surface area contributed by atoms with Crippen molar-refractivity contribution < 1.29 is 44.0 Å². The summed E-state index contributed by atoms with van der Waals surface area (Å²) < 4.78 is 13.4. The fourth-order valence-electron chi connectivity index (χ4n) is 4.89. The Bertz CT molecular complexity index is 1400. The molecule has 6 N–H and O–H groups in total. The van der Waals surface area contributed by atoms with Crippen molar-refractivity contribution in [2.24, 2.45) is 0 Å². The van der Waals surface area contributed by atoms with Gasteiger partial charge in [0.2, 0.25) is 5.91 Å². The molecule has 2 aromatic carbocycles. The van der Waals surface area contributed by atoms with E-state index in [9.17, 15) is 23.6 Å². The number of likely N-dealkylation sites (tertiary alicyclic amines) is 1. The molecule has 0 bridgehead atoms. The molecular weight excluding hydrogens is 561 g/mol. The second-order valence-electron chi connectivity index (χ2n) is 9.99. The number of halogens is 2. The number of aromatic nitrogens is 1. The highest BCUT2D eigenvalue weighted by Crippen LogP contribution is 2.35. The third-order valence-electron chi connectivity index (χ3n) is 6.90. The molecule has 2 heterocycles. The first kappa shape index (κ1) is 31.5. The number of carboxylic acid groups (broad SMARTS) is 3. The number of fused-ring (bicyclic) bond motifs is 1. The molecule has 41 heavy (non-hydrogen) atoms. The highest BCUT2D eigenvalue weighted by atomic mass is 35.5. The number of aliphatic carboxylic acids is 3. The van der Waals surface area contributed by atoms with Crippen molar-refractivity contribution in [2.45, 2.75) is 50.3 Å². The molecular formula is C28H31ClFN3O8. The van der Waals surface area contributed by atoms with Gasteiger partial charge in [0.25, 0.3) is 0 Å². The van der Waals surface area contributed by atoms with Gasteiger partial charge >= 0.3 is 17.9 Å². The number of carboxylic acids is 3. The quantitative estimate of drug-likeness (QED) is 0.217. The van der Waals surface area contributed by atoms with Crippen molar-refractivity contribution in [3.05, 3.63) is 70.6 Å². The zero-order chi connectivity index (χ0) is 30.4. The molecule has 1 fully saturated rings. The van der Waals surface area contributed by atoms with Crippen molar-refractivity contribution in [1.29, 1.82) is 0 Å². The Labute approximate surface area is 239 Å². The van der Waals surface area contributed by atoms with E-state index in [0.29, 0.717) is 0 Å². The number of aromatic amines is 1. The van der Waals surface area contributed by atoms with E-state index in [4.69, 9.17) is 32.0 Å². The van der Waals surface area contributed by atoms with Crippen LogP contribution in [0.15, 0.2) is 48.5 Å². The van der Waals surface area contributed by atoms with Crippen molar-refractivity contribution in [3.8, 4) is 0 Å². The number of rotatable bonds is 9. The Kier molecular flexibility index (Phi) is 10.1. The minimum absolute atomic E-state index is 0.0727. The molecule has 1 aromatic heterocycles. The Morgan fingerprint density at radius 1 is 1.00 bits per heavy atom. The van der Waals surface area contributed by atoms with E-state index in [2.05, 4.69) is 15.2 Å². The molecule has 1 amide bonds. The van der Waals surface area contributed by atoms with Crippen LogP contribution in [0.4, 0.5) is 4.39 Å². The summed E-state index contributed by atoms with van der Waals surface area (Å²) in [4.78, 5) is 48.1. The van der Waals surface area contributed by atoms with Crippen LogP contribution < -0.4 is 5.32 Å². The van der Waals surface area contributed by atoms with Gasteiger partial charge in [-0.15, -0.1) is 0 Å². The van der Waals surface area contributed by atoms with Crippen LogP contribution in [-0.4, -0.2) is 72.8 Å². The molecule has 220 valence electrons. The number of carbonyl (C=O) groups is 4. The topological polar surface area (TPSA) is 180 Å². The minimum Gasteiger partial charge on any atom is -0.481 e. The average molecular weight is 592 g/mol. The highest BCUT2D eigenvalue weighted by Gasteiger charge is 2.41. The molecule has 0 saturated carbocycles. The van der Waals surface area contributed by atoms with Gasteiger partial charge in [-0.2, -0.15) is 0 Å². The third-order valence-corrected chi connectivity index (χ3v) is 7.33. The fourth-order valence-corrected chi connectivity index (χ4v) is 5.17. The van der Waals surface area contributed by atoms with Gasteiger partial charge in [-0.05, 0) is 36.6 Å². The number of nitrogens with zero attached hydrogens (tertiary/aromatic N) is 1. The number of hydrogen-bond donors (Lipinski definition) is 6. The molecule has 0 aliphatic carbocycles. The summed E-state index contributed by atoms with van der Waals surface area (Å²) in [6, 6.07) is 14.5. The molecule has 3 aromatic rings. The fraction of sp³-hybridized carbons (Fsp3) is 0.357. The van der Waals surface area contributed by atoms with Gasteiger partial charge < -0.3 is 30.7 Å². The summed E-state index contributed by atoms with van der Waals surface area (Å²) >= 11 is 6.56. The van der Waals surface area contributed by atoms with Gasteiger partial charge in [-0.25, -0.2) is 9.18 Å². The summed E-state index contributed by atoms with van der Waals surface area (Å²) in [5.74, 6) is -5.36. The van der Waals surface area contributed by atoms with Crippen LogP contribution in [0.5, 0.6) is 0 Å². The lowest BCUT2D eigenvalue weighted by Crippen LogP contribution is -2.52. The first-order valence-electron chi connectivity index (χ1n) is 12.7. The van der Waals surface area contributed by atoms with Crippen LogP contribution in [0.3, 0.4) is 0 Å². The average Bonchev–Trinajstić information content (AvgIpc) is 3.20. The zero-order valence-corrected chi connectivity index (χ0v) is 22.9. The predicted octanol–water partition coefficient (Wildman–Crippen LogP) is 3.34. The second kappa shape index (κ2) is 13.1. The van der Waals surface area contributed by atoms with Crippen LogP contribution in [0.25, 0.3) is 10.9 Å². The first-order chi connectivity index (χ1) is 19.2. The maximum atomic E-state index is 13.4. The van der Waals surface area contributed by atoms with Crippen LogP contribution >= 0.6 is 11.6 Å². The number of piperidine rings is 1. The number of nitrogens with one attached hydrogen (secondary N) is 2. The van der Waals surface area contributed by atoms with E-state index >= 15 is 0 Å². The largest absolute Gasteiger partial charge is 0.481 e. The number of amides is 1. The first-order valence-corrected chi connectivity index (χ1v) is 13.0. The van der Waals surface area contributed by atoms with Crippen molar-refractivity contribution in [3.63, 3.8) is 0 Å². The summed E-state index contributed by atoms with van der Waals surface area (Å²) in [6.07, 6.45) is -0.768. The van der Waals surface area contributed by atoms with Crippen molar-refractivity contribution in [1.82, 2.24) is 15.2 Å². The molecule has 1 aliphatic heterocycles. The molecule has 11 nitrogen and oxygen atoms in total. The summed E-state index contributed by atoms with van der Waals surface area (Å²) in [6.45, 7) is 3.88. The lowest BCUT2D eigenvalue weighted by molar-refractivity contribution is -0.170. The number of para-hydroxylation sites is 1. The van der Waals surface area contributed by atoms with Crippen LogP contribution in [0, 0.1) is 5.82 Å². The maximum Gasteiger partial charge on any atom is 0.336 e. The van der Waals surface area contributed by atoms with Gasteiger partial charge in [0.1, 0.15) is 5.82 Å². The monoisotopic (exact) mass is 591 g/mol. The molecule has 1 saturated heterocycles. The van der Waals surface area contributed by atoms with Crippen LogP contribution in [0.1, 0.15) is 43.9 Å². The predicted molar refractivity (Wildman–Crippen MR) is 147 cm³/mol. The number of H-pyrrole nitrogens is 1. The van der Waals surface area contributed by atoms with E-state index in [1.54, 1.807) is 12.1 Å². The smallest absolute Gasteiger partial charge is 0.336 e. The Morgan fingerprint density at radius 3 is 2.05 bits per heavy atom. The molecule has 0 radical (unpaired) electrons. The van der Waals surface area contributed by atoms with Gasteiger partial charge in [0.15, 0.2) is 5.60 Å². The van der Waals surface area contributed by atoms with E-state index in [1.165, 1.54) is 19.1 Å². The van der Waals surface area contributed by atoms with E-state index in [-0.39, 0.29) is 11.7 Å². The van der Waals surface area contributed by atoms with Crippen molar-refractivity contribution in [2.75, 3.05) is 13.1 Å². The zero-order valence-electron chi connectivity index (χ0n) is 22.2. The van der Waals surface area contributed by atoms with E-state index in [0.717, 1.165) is 59.7 Å². The number of benzene rings is 2. The standard InChI is InChI=1S/C22H23ClFN3O.C6H8O7/c1-15(28)26-22(16-6-8-17(24)9-7-16)10-12-27(13-11-22)14-20-21(23)18-4-2-3-5-19(18)25-20;7-3(8)1-6(13,5(11)12)2-4(9)10/h2-9,25H,10-14H2,1H3,(H,26,28);13H,1-2H2,(H,7,8)(H,9,10)(H,11,12). The normalized spacial score (nSPS) is 15.0. The van der Waals surface area contributed by atoms with Gasteiger partial charge in [-0.1, -0.05) is 41.9 Å². The highest BCUT2D eigenvalue weighted by molar-refractivity contribution is 6.36. The third kappa shape index (κ3) is 8.03. The van der Waals surface area contributed by atoms with E-state index in [1.807, 2.05) is 24.3 Å². The summed E-state index contributed by atoms with van der Waals surface area (Å²) in [7, 11) is 0. The Balaban J connectivity index is 0.000000302. The Hall–Kier alpha value is -4.00. The molecule has 0 spiro atoms. The van der Waals surface area contributed by atoms with Crippen LogP contribution in [0.2, 0.25) is 5.02 Å². The lowest BCUT2D eigenvalue weighted by Gasteiger charge is -2.42. The summed E-state index contributed by atoms with van der Waals surface area (Å²) in [5.41, 5.74) is -0.194. The molecule has 0 unspecified atom stereocenters. The lowest BCUT2D eigenvalue weighted by atomic mass is 9.80. The van der Waals surface area contributed by atoms with Gasteiger partial charge in [0.05, 0.1) is 23.4 Å².